The van der Waals surface area contributed by atoms with Crippen molar-refractivity contribution in [2.75, 3.05) is 12.3 Å². The topological polar surface area (TPSA) is 55.1 Å². The molecule has 1 aromatic carbocycles. The van der Waals surface area contributed by atoms with Gasteiger partial charge in [0.2, 0.25) is 0 Å². The molecule has 1 amide bonds. The predicted octanol–water partition coefficient (Wildman–Crippen LogP) is 1.85. The lowest BCUT2D eigenvalue weighted by Gasteiger charge is -2.07. The maximum atomic E-state index is 12.9. The SMILES string of the molecule is C=CCCNC(=O)c1cc(F)c(F)cc1N. The van der Waals surface area contributed by atoms with Gasteiger partial charge in [-0.05, 0) is 12.5 Å². The number of amides is 1. The molecule has 0 saturated heterocycles. The largest absolute Gasteiger partial charge is 0.398 e. The molecule has 0 aliphatic carbocycles. The molecule has 0 heterocycles. The first-order valence-electron chi connectivity index (χ1n) is 4.70. The third kappa shape index (κ3) is 2.79. The van der Waals surface area contributed by atoms with Crippen LogP contribution in [-0.2, 0) is 0 Å². The lowest BCUT2D eigenvalue weighted by atomic mass is 10.1. The second-order valence-corrected chi connectivity index (χ2v) is 3.19. The highest BCUT2D eigenvalue weighted by molar-refractivity contribution is 5.99. The number of hydrogen-bond donors (Lipinski definition) is 2. The number of rotatable bonds is 4. The molecule has 0 aliphatic heterocycles. The number of benzene rings is 1. The summed E-state index contributed by atoms with van der Waals surface area (Å²) in [5.41, 5.74) is 5.25. The molecular weight excluding hydrogens is 214 g/mol. The predicted molar refractivity (Wildman–Crippen MR) is 57.9 cm³/mol. The summed E-state index contributed by atoms with van der Waals surface area (Å²) in [5.74, 6) is -2.69. The number of carbonyl (C=O) groups excluding carboxylic acids is 1. The Labute approximate surface area is 91.9 Å². The van der Waals surface area contributed by atoms with E-state index >= 15 is 0 Å². The van der Waals surface area contributed by atoms with Crippen LogP contribution >= 0.6 is 0 Å². The smallest absolute Gasteiger partial charge is 0.253 e. The van der Waals surface area contributed by atoms with Gasteiger partial charge < -0.3 is 11.1 Å². The number of nitrogens with one attached hydrogen (secondary N) is 1. The summed E-state index contributed by atoms with van der Waals surface area (Å²) in [4.78, 5) is 11.5. The van der Waals surface area contributed by atoms with Crippen LogP contribution in [0.15, 0.2) is 24.8 Å². The van der Waals surface area contributed by atoms with Crippen LogP contribution in [-0.4, -0.2) is 12.5 Å². The molecule has 0 aromatic heterocycles. The van der Waals surface area contributed by atoms with E-state index in [-0.39, 0.29) is 11.3 Å². The Morgan fingerprint density at radius 3 is 2.69 bits per heavy atom. The molecule has 16 heavy (non-hydrogen) atoms. The van der Waals surface area contributed by atoms with Gasteiger partial charge in [-0.25, -0.2) is 8.78 Å². The molecule has 0 saturated carbocycles. The summed E-state index contributed by atoms with van der Waals surface area (Å²) in [5, 5.41) is 2.51. The average Bonchev–Trinajstić information content (AvgIpc) is 2.23. The van der Waals surface area contributed by atoms with Crippen LogP contribution in [0.2, 0.25) is 0 Å². The molecule has 0 bridgehead atoms. The van der Waals surface area contributed by atoms with Gasteiger partial charge in [-0.1, -0.05) is 6.08 Å². The van der Waals surface area contributed by atoms with Gasteiger partial charge >= 0.3 is 0 Å². The van der Waals surface area contributed by atoms with Crippen molar-refractivity contribution in [3.8, 4) is 0 Å². The van der Waals surface area contributed by atoms with Crippen LogP contribution in [0, 0.1) is 11.6 Å². The first-order chi connectivity index (χ1) is 7.56. The van der Waals surface area contributed by atoms with E-state index in [1.807, 2.05) is 0 Å². The lowest BCUT2D eigenvalue weighted by Crippen LogP contribution is -2.25. The molecule has 3 N–H and O–H groups in total. The molecule has 0 aliphatic rings. The van der Waals surface area contributed by atoms with Gasteiger partial charge in [-0.3, -0.25) is 4.79 Å². The van der Waals surface area contributed by atoms with Crippen LogP contribution in [0.5, 0.6) is 0 Å². The standard InChI is InChI=1S/C11H12F2N2O/c1-2-3-4-15-11(16)7-5-8(12)9(13)6-10(7)14/h2,5-6H,1,3-4,14H2,(H,15,16). The highest BCUT2D eigenvalue weighted by Gasteiger charge is 2.13. The number of anilines is 1. The monoisotopic (exact) mass is 226 g/mol. The van der Waals surface area contributed by atoms with Crippen LogP contribution in [0.1, 0.15) is 16.8 Å². The Balaban J connectivity index is 2.83. The zero-order valence-corrected chi connectivity index (χ0v) is 8.59. The maximum Gasteiger partial charge on any atom is 0.253 e. The molecule has 1 aromatic rings. The molecule has 0 unspecified atom stereocenters. The number of carbonyl (C=O) groups is 1. The highest BCUT2D eigenvalue weighted by Crippen LogP contribution is 2.16. The van der Waals surface area contributed by atoms with Crippen molar-refractivity contribution in [1.29, 1.82) is 0 Å². The molecule has 0 spiro atoms. The molecule has 0 radical (unpaired) electrons. The molecule has 5 heteroatoms. The van der Waals surface area contributed by atoms with Gasteiger partial charge in [0, 0.05) is 18.3 Å². The van der Waals surface area contributed by atoms with E-state index in [0.29, 0.717) is 13.0 Å². The van der Waals surface area contributed by atoms with Crippen LogP contribution in [0.4, 0.5) is 14.5 Å². The normalized spacial score (nSPS) is 9.88. The fraction of sp³-hybridized carbons (Fsp3) is 0.182. The molecule has 1 rings (SSSR count). The second-order valence-electron chi connectivity index (χ2n) is 3.19. The van der Waals surface area contributed by atoms with E-state index in [4.69, 9.17) is 5.73 Å². The Morgan fingerprint density at radius 2 is 2.06 bits per heavy atom. The van der Waals surface area contributed by atoms with Gasteiger partial charge in [0.1, 0.15) is 0 Å². The van der Waals surface area contributed by atoms with E-state index in [1.165, 1.54) is 0 Å². The maximum absolute atomic E-state index is 12.9. The van der Waals surface area contributed by atoms with Crippen molar-refractivity contribution in [3.63, 3.8) is 0 Å². The Morgan fingerprint density at radius 1 is 1.44 bits per heavy atom. The van der Waals surface area contributed by atoms with Gasteiger partial charge in [0.05, 0.1) is 5.56 Å². The highest BCUT2D eigenvalue weighted by atomic mass is 19.2. The third-order valence-corrected chi connectivity index (χ3v) is 1.97. The Hall–Kier alpha value is -1.91. The molecule has 86 valence electrons. The minimum absolute atomic E-state index is 0.0667. The molecule has 3 nitrogen and oxygen atoms in total. The fourth-order valence-electron chi connectivity index (χ4n) is 1.14. The number of nitrogens with two attached hydrogens (primary N) is 1. The molecule has 0 fully saturated rings. The minimum Gasteiger partial charge on any atom is -0.398 e. The zero-order chi connectivity index (χ0) is 12.1. The van der Waals surface area contributed by atoms with Crippen molar-refractivity contribution >= 4 is 11.6 Å². The summed E-state index contributed by atoms with van der Waals surface area (Å²) in [6.07, 6.45) is 2.23. The van der Waals surface area contributed by atoms with Crippen molar-refractivity contribution < 1.29 is 13.6 Å². The summed E-state index contributed by atoms with van der Waals surface area (Å²) in [7, 11) is 0. The summed E-state index contributed by atoms with van der Waals surface area (Å²) < 4.78 is 25.6. The lowest BCUT2D eigenvalue weighted by molar-refractivity contribution is 0.0954. The molecule has 0 atom stereocenters. The summed E-state index contributed by atoms with van der Waals surface area (Å²) in [6.45, 7) is 3.86. The fourth-order valence-corrected chi connectivity index (χ4v) is 1.14. The molecular formula is C11H12F2N2O. The van der Waals surface area contributed by atoms with E-state index in [2.05, 4.69) is 11.9 Å². The van der Waals surface area contributed by atoms with Gasteiger partial charge in [-0.2, -0.15) is 0 Å². The average molecular weight is 226 g/mol. The number of hydrogen-bond acceptors (Lipinski definition) is 2. The summed E-state index contributed by atoms with van der Waals surface area (Å²) in [6, 6.07) is 1.58. The van der Waals surface area contributed by atoms with E-state index in [1.54, 1.807) is 6.08 Å². The van der Waals surface area contributed by atoms with Gasteiger partial charge in [0.15, 0.2) is 11.6 Å². The Kier molecular flexibility index (Phi) is 3.99. The van der Waals surface area contributed by atoms with Crippen LogP contribution in [0.3, 0.4) is 0 Å². The summed E-state index contributed by atoms with van der Waals surface area (Å²) >= 11 is 0. The van der Waals surface area contributed by atoms with Crippen molar-refractivity contribution in [3.05, 3.63) is 42.0 Å². The quantitative estimate of drug-likeness (QED) is 0.467. The zero-order valence-electron chi connectivity index (χ0n) is 8.59. The number of halogens is 2. The first-order valence-corrected chi connectivity index (χ1v) is 4.70. The number of nitrogen functional groups attached to an aromatic ring is 1. The first kappa shape index (κ1) is 12.2. The minimum atomic E-state index is -1.09. The van der Waals surface area contributed by atoms with Crippen LogP contribution in [0.25, 0.3) is 0 Å². The third-order valence-electron chi connectivity index (χ3n) is 1.97. The van der Waals surface area contributed by atoms with Gasteiger partial charge in [-0.15, -0.1) is 6.58 Å². The van der Waals surface area contributed by atoms with Crippen molar-refractivity contribution in [1.82, 2.24) is 5.32 Å². The van der Waals surface area contributed by atoms with E-state index < -0.39 is 17.5 Å². The van der Waals surface area contributed by atoms with Crippen molar-refractivity contribution in [2.45, 2.75) is 6.42 Å². The Bertz CT molecular complexity index is 419. The second kappa shape index (κ2) is 5.25. The van der Waals surface area contributed by atoms with Crippen LogP contribution < -0.4 is 11.1 Å². The van der Waals surface area contributed by atoms with Crippen molar-refractivity contribution in [2.24, 2.45) is 0 Å². The van der Waals surface area contributed by atoms with Gasteiger partial charge in [0.25, 0.3) is 5.91 Å². The van der Waals surface area contributed by atoms with E-state index in [9.17, 15) is 13.6 Å². The van der Waals surface area contributed by atoms with E-state index in [0.717, 1.165) is 12.1 Å².